The summed E-state index contributed by atoms with van der Waals surface area (Å²) in [6, 6.07) is 0. The molecule has 1 atom stereocenters. The van der Waals surface area contributed by atoms with Gasteiger partial charge < -0.3 is 4.74 Å². The van der Waals surface area contributed by atoms with E-state index < -0.39 is 0 Å². The first-order chi connectivity index (χ1) is 6.20. The molecule has 1 saturated carbocycles. The maximum atomic E-state index is 5.91. The first-order valence-corrected chi connectivity index (χ1v) is 5.81. The van der Waals surface area contributed by atoms with Crippen LogP contribution in [0.5, 0.6) is 0 Å². The zero-order valence-electron chi connectivity index (χ0n) is 9.38. The lowest BCUT2D eigenvalue weighted by molar-refractivity contribution is 0.00311. The molecule has 1 aliphatic carbocycles. The summed E-state index contributed by atoms with van der Waals surface area (Å²) in [5, 5.41) is 0. The third-order valence-electron chi connectivity index (χ3n) is 3.29. The van der Waals surface area contributed by atoms with Crippen molar-refractivity contribution >= 4 is 0 Å². The molecule has 0 amide bonds. The van der Waals surface area contributed by atoms with Crippen LogP contribution < -0.4 is 0 Å². The summed E-state index contributed by atoms with van der Waals surface area (Å²) >= 11 is 0. The van der Waals surface area contributed by atoms with Gasteiger partial charge in [0.25, 0.3) is 0 Å². The predicted molar refractivity (Wildman–Crippen MR) is 56.8 cm³/mol. The van der Waals surface area contributed by atoms with Gasteiger partial charge in [-0.15, -0.1) is 0 Å². The molecule has 1 aliphatic rings. The first kappa shape index (κ1) is 11.0. The van der Waals surface area contributed by atoms with Gasteiger partial charge in [0.15, 0.2) is 0 Å². The molecule has 1 unspecified atom stereocenters. The van der Waals surface area contributed by atoms with Crippen LogP contribution in [-0.4, -0.2) is 12.7 Å². The minimum absolute atomic E-state index is 0.579. The van der Waals surface area contributed by atoms with Crippen molar-refractivity contribution in [2.24, 2.45) is 11.8 Å². The van der Waals surface area contributed by atoms with E-state index in [0.717, 1.165) is 12.5 Å². The highest BCUT2D eigenvalue weighted by molar-refractivity contribution is 4.66. The number of hydrogen-bond donors (Lipinski definition) is 0. The molecule has 0 spiro atoms. The van der Waals surface area contributed by atoms with Gasteiger partial charge in [0.1, 0.15) is 0 Å². The van der Waals surface area contributed by atoms with E-state index in [2.05, 4.69) is 20.8 Å². The SMILES string of the molecule is CC(C)C(C)COC1CCCCC1. The van der Waals surface area contributed by atoms with Crippen molar-refractivity contribution in [3.8, 4) is 0 Å². The van der Waals surface area contributed by atoms with Crippen molar-refractivity contribution in [2.75, 3.05) is 6.61 Å². The molecular weight excluding hydrogens is 160 g/mol. The van der Waals surface area contributed by atoms with Gasteiger partial charge in [-0.05, 0) is 24.7 Å². The lowest BCUT2D eigenvalue weighted by Crippen LogP contribution is -2.21. The average Bonchev–Trinajstić information content (AvgIpc) is 2.15. The average molecular weight is 184 g/mol. The monoisotopic (exact) mass is 184 g/mol. The first-order valence-electron chi connectivity index (χ1n) is 5.81. The van der Waals surface area contributed by atoms with Crippen molar-refractivity contribution in [1.82, 2.24) is 0 Å². The maximum absolute atomic E-state index is 5.91. The summed E-state index contributed by atoms with van der Waals surface area (Å²) in [5.74, 6) is 1.46. The van der Waals surface area contributed by atoms with E-state index in [4.69, 9.17) is 4.74 Å². The van der Waals surface area contributed by atoms with Crippen molar-refractivity contribution in [3.05, 3.63) is 0 Å². The van der Waals surface area contributed by atoms with E-state index in [1.54, 1.807) is 0 Å². The molecular formula is C12H24O. The van der Waals surface area contributed by atoms with Gasteiger partial charge in [-0.2, -0.15) is 0 Å². The molecule has 1 nitrogen and oxygen atoms in total. The molecule has 0 N–H and O–H groups in total. The smallest absolute Gasteiger partial charge is 0.0575 e. The molecule has 0 bridgehead atoms. The van der Waals surface area contributed by atoms with E-state index in [0.29, 0.717) is 12.0 Å². The van der Waals surface area contributed by atoms with E-state index in [9.17, 15) is 0 Å². The summed E-state index contributed by atoms with van der Waals surface area (Å²) in [6.45, 7) is 7.79. The Morgan fingerprint density at radius 2 is 1.69 bits per heavy atom. The molecule has 1 rings (SSSR count). The molecule has 1 heteroatoms. The summed E-state index contributed by atoms with van der Waals surface area (Å²) in [7, 11) is 0. The molecule has 0 aliphatic heterocycles. The number of hydrogen-bond acceptors (Lipinski definition) is 1. The van der Waals surface area contributed by atoms with Crippen LogP contribution in [0.25, 0.3) is 0 Å². The lowest BCUT2D eigenvalue weighted by atomic mass is 9.96. The highest BCUT2D eigenvalue weighted by atomic mass is 16.5. The largest absolute Gasteiger partial charge is 0.378 e. The predicted octanol–water partition coefficient (Wildman–Crippen LogP) is 3.63. The minimum Gasteiger partial charge on any atom is -0.378 e. The van der Waals surface area contributed by atoms with Crippen LogP contribution in [0.15, 0.2) is 0 Å². The Morgan fingerprint density at radius 1 is 1.08 bits per heavy atom. The van der Waals surface area contributed by atoms with Crippen LogP contribution in [-0.2, 0) is 4.74 Å². The highest BCUT2D eigenvalue weighted by Crippen LogP contribution is 2.21. The van der Waals surface area contributed by atoms with Gasteiger partial charge in [0.05, 0.1) is 6.10 Å². The van der Waals surface area contributed by atoms with Crippen molar-refractivity contribution in [1.29, 1.82) is 0 Å². The molecule has 1 fully saturated rings. The van der Waals surface area contributed by atoms with Crippen molar-refractivity contribution < 1.29 is 4.74 Å². The summed E-state index contributed by atoms with van der Waals surface area (Å²) < 4.78 is 5.91. The summed E-state index contributed by atoms with van der Waals surface area (Å²) in [4.78, 5) is 0. The summed E-state index contributed by atoms with van der Waals surface area (Å²) in [5.41, 5.74) is 0. The second kappa shape index (κ2) is 5.64. The Hall–Kier alpha value is -0.0400. The van der Waals surface area contributed by atoms with Crippen molar-refractivity contribution in [3.63, 3.8) is 0 Å². The van der Waals surface area contributed by atoms with E-state index in [-0.39, 0.29) is 0 Å². The van der Waals surface area contributed by atoms with Gasteiger partial charge >= 0.3 is 0 Å². The lowest BCUT2D eigenvalue weighted by Gasteiger charge is -2.24. The highest BCUT2D eigenvalue weighted by Gasteiger charge is 2.15. The molecule has 0 saturated heterocycles. The Morgan fingerprint density at radius 3 is 2.23 bits per heavy atom. The quantitative estimate of drug-likeness (QED) is 0.648. The molecule has 0 aromatic rings. The van der Waals surface area contributed by atoms with Gasteiger partial charge in [-0.1, -0.05) is 40.0 Å². The molecule has 0 radical (unpaired) electrons. The van der Waals surface area contributed by atoms with Crippen LogP contribution in [0.3, 0.4) is 0 Å². The third-order valence-corrected chi connectivity index (χ3v) is 3.29. The standard InChI is InChI=1S/C12H24O/c1-10(2)11(3)9-13-12-7-5-4-6-8-12/h10-12H,4-9H2,1-3H3. The Bertz CT molecular complexity index is 125. The van der Waals surface area contributed by atoms with E-state index in [1.165, 1.54) is 32.1 Å². The van der Waals surface area contributed by atoms with Crippen LogP contribution in [0.1, 0.15) is 52.9 Å². The molecule has 0 aromatic heterocycles. The van der Waals surface area contributed by atoms with E-state index in [1.807, 2.05) is 0 Å². The fourth-order valence-electron chi connectivity index (χ4n) is 1.71. The van der Waals surface area contributed by atoms with Crippen LogP contribution >= 0.6 is 0 Å². The van der Waals surface area contributed by atoms with Gasteiger partial charge in [0, 0.05) is 6.61 Å². The minimum atomic E-state index is 0.579. The maximum Gasteiger partial charge on any atom is 0.0575 e. The molecule has 78 valence electrons. The van der Waals surface area contributed by atoms with Crippen molar-refractivity contribution in [2.45, 2.75) is 59.0 Å². The zero-order chi connectivity index (χ0) is 9.68. The van der Waals surface area contributed by atoms with Gasteiger partial charge in [-0.25, -0.2) is 0 Å². The van der Waals surface area contributed by atoms with Crippen LogP contribution in [0.2, 0.25) is 0 Å². The van der Waals surface area contributed by atoms with Gasteiger partial charge in [0.2, 0.25) is 0 Å². The van der Waals surface area contributed by atoms with Gasteiger partial charge in [-0.3, -0.25) is 0 Å². The fourth-order valence-corrected chi connectivity index (χ4v) is 1.71. The fraction of sp³-hybridized carbons (Fsp3) is 1.00. The Kier molecular flexibility index (Phi) is 4.79. The second-order valence-electron chi connectivity index (χ2n) is 4.81. The Labute approximate surface area is 82.9 Å². The van der Waals surface area contributed by atoms with Crippen LogP contribution in [0.4, 0.5) is 0 Å². The zero-order valence-corrected chi connectivity index (χ0v) is 9.38. The third kappa shape index (κ3) is 4.12. The molecule has 0 aromatic carbocycles. The Balaban J connectivity index is 2.10. The second-order valence-corrected chi connectivity index (χ2v) is 4.81. The normalized spacial score (nSPS) is 22.2. The number of rotatable bonds is 4. The molecule has 0 heterocycles. The topological polar surface area (TPSA) is 9.23 Å². The summed E-state index contributed by atoms with van der Waals surface area (Å²) in [6.07, 6.45) is 7.34. The van der Waals surface area contributed by atoms with E-state index >= 15 is 0 Å². The van der Waals surface area contributed by atoms with Crippen LogP contribution in [0, 0.1) is 11.8 Å². The number of ether oxygens (including phenoxy) is 1. The molecule has 13 heavy (non-hydrogen) atoms.